The van der Waals surface area contributed by atoms with Crippen LogP contribution >= 0.6 is 14.5 Å². The van der Waals surface area contributed by atoms with Gasteiger partial charge >= 0.3 is 0 Å². The Morgan fingerprint density at radius 3 is 0.607 bits per heavy atom. The van der Waals surface area contributed by atoms with Crippen LogP contribution in [-0.2, 0) is 22.7 Å². The van der Waals surface area contributed by atoms with Crippen molar-refractivity contribution >= 4 is 46.4 Å². The van der Waals surface area contributed by atoms with Gasteiger partial charge < -0.3 is 9.47 Å². The summed E-state index contributed by atoms with van der Waals surface area (Å²) in [7, 11) is -3.82. The van der Waals surface area contributed by atoms with Crippen molar-refractivity contribution in [2.45, 2.75) is 13.2 Å². The molecule has 0 unspecified atom stereocenters. The summed E-state index contributed by atoms with van der Waals surface area (Å²) in [6, 6.07) is 85.9. The monoisotopic (exact) mass is 766 g/mol. The summed E-state index contributed by atoms with van der Waals surface area (Å²) < 4.78 is 12.8. The predicted molar refractivity (Wildman–Crippen MR) is 242 cm³/mol. The van der Waals surface area contributed by atoms with E-state index in [1.54, 1.807) is 0 Å². The molecule has 8 aromatic rings. The number of benzene rings is 8. The SMILES string of the molecule is c1ccc(COC[P+](c2ccccc2)(c2ccccc2)c2ccccc2)cc1.c1ccc(COC[P+](c2ccccc2)(c2ccccc2)c2ccccc2)cc1. The number of hydrogen-bond donors (Lipinski definition) is 0. The Balaban J connectivity index is 0.000000172. The summed E-state index contributed by atoms with van der Waals surface area (Å²) in [5.74, 6) is 0. The first kappa shape index (κ1) is 38.8. The third-order valence-electron chi connectivity index (χ3n) is 9.97. The second-order valence-corrected chi connectivity index (χ2v) is 20.4. The van der Waals surface area contributed by atoms with E-state index in [1.165, 1.54) is 43.0 Å². The molecule has 0 saturated heterocycles. The first-order valence-electron chi connectivity index (χ1n) is 19.1. The summed E-state index contributed by atoms with van der Waals surface area (Å²) in [4.78, 5) is 0. The minimum Gasteiger partial charge on any atom is -0.340 e. The lowest BCUT2D eigenvalue weighted by Gasteiger charge is -2.27. The van der Waals surface area contributed by atoms with Crippen LogP contribution in [0.25, 0.3) is 0 Å². The molecule has 0 aliphatic carbocycles. The molecule has 0 aromatic heterocycles. The molecule has 0 radical (unpaired) electrons. The molecule has 0 heterocycles. The summed E-state index contributed by atoms with van der Waals surface area (Å²) >= 11 is 0. The quantitative estimate of drug-likeness (QED) is 0.103. The Morgan fingerprint density at radius 1 is 0.232 bits per heavy atom. The van der Waals surface area contributed by atoms with E-state index >= 15 is 0 Å². The second kappa shape index (κ2) is 19.9. The fourth-order valence-corrected chi connectivity index (χ4v) is 14.7. The highest BCUT2D eigenvalue weighted by Gasteiger charge is 2.47. The molecule has 2 nitrogen and oxygen atoms in total. The highest BCUT2D eigenvalue weighted by molar-refractivity contribution is 7.96. The van der Waals surface area contributed by atoms with E-state index in [1.807, 2.05) is 12.1 Å². The molecule has 4 heteroatoms. The molecule has 8 rings (SSSR count). The fraction of sp³-hybridized carbons (Fsp3) is 0.0769. The van der Waals surface area contributed by atoms with Gasteiger partial charge in [-0.2, -0.15) is 0 Å². The molecule has 0 saturated carbocycles. The van der Waals surface area contributed by atoms with Gasteiger partial charge in [0.1, 0.15) is 46.4 Å². The zero-order valence-electron chi connectivity index (χ0n) is 31.6. The molecule has 276 valence electrons. The standard InChI is InChI=1S/2C26H24OP/c2*1-5-13-23(14-6-1)21-27-22-28(24-15-7-2-8-16-24,25-17-9-3-10-18-25)26-19-11-4-12-20-26/h2*1-20H,21-22H2/q2*+1. The van der Waals surface area contributed by atoms with Crippen molar-refractivity contribution in [2.75, 3.05) is 12.7 Å². The van der Waals surface area contributed by atoms with E-state index in [0.717, 1.165) is 0 Å². The third-order valence-corrected chi connectivity index (χ3v) is 18.2. The maximum atomic E-state index is 6.40. The van der Waals surface area contributed by atoms with Crippen molar-refractivity contribution in [1.82, 2.24) is 0 Å². The molecular formula is C52H48O2P2+2. The van der Waals surface area contributed by atoms with Crippen molar-refractivity contribution in [3.8, 4) is 0 Å². The summed E-state index contributed by atoms with van der Waals surface area (Å²) in [6.07, 6.45) is 1.36. The van der Waals surface area contributed by atoms with Crippen molar-refractivity contribution in [3.05, 3.63) is 254 Å². The predicted octanol–water partition coefficient (Wildman–Crippen LogP) is 10.3. The lowest BCUT2D eigenvalue weighted by molar-refractivity contribution is 0.166. The fourth-order valence-electron chi connectivity index (χ4n) is 7.19. The summed E-state index contributed by atoms with van der Waals surface area (Å²) in [5, 5.41) is 8.09. The molecule has 0 spiro atoms. The Labute approximate surface area is 334 Å². The van der Waals surface area contributed by atoms with Crippen LogP contribution in [-0.4, -0.2) is 12.7 Å². The number of ether oxygens (including phenoxy) is 2. The van der Waals surface area contributed by atoms with Crippen molar-refractivity contribution in [1.29, 1.82) is 0 Å². The topological polar surface area (TPSA) is 18.5 Å². The molecule has 56 heavy (non-hydrogen) atoms. The van der Waals surface area contributed by atoms with Crippen molar-refractivity contribution < 1.29 is 9.47 Å². The second-order valence-electron chi connectivity index (χ2n) is 13.6. The van der Waals surface area contributed by atoms with Crippen LogP contribution in [0.5, 0.6) is 0 Å². The lowest BCUT2D eigenvalue weighted by Crippen LogP contribution is -2.34. The van der Waals surface area contributed by atoms with Crippen LogP contribution < -0.4 is 31.8 Å². The molecule has 0 N–H and O–H groups in total. The molecule has 0 aliphatic rings. The van der Waals surface area contributed by atoms with Crippen molar-refractivity contribution in [2.24, 2.45) is 0 Å². The van der Waals surface area contributed by atoms with Crippen LogP contribution in [0.1, 0.15) is 11.1 Å². The van der Waals surface area contributed by atoms with Crippen LogP contribution in [0.2, 0.25) is 0 Å². The van der Waals surface area contributed by atoms with E-state index in [9.17, 15) is 0 Å². The number of hydrogen-bond acceptors (Lipinski definition) is 2. The minimum atomic E-state index is -1.91. The van der Waals surface area contributed by atoms with Crippen LogP contribution in [0.3, 0.4) is 0 Å². The van der Waals surface area contributed by atoms with E-state index in [-0.39, 0.29) is 0 Å². The highest BCUT2D eigenvalue weighted by atomic mass is 31.2. The molecular weight excluding hydrogens is 719 g/mol. The zero-order valence-corrected chi connectivity index (χ0v) is 33.4. The average Bonchev–Trinajstić information content (AvgIpc) is 3.29. The normalized spacial score (nSPS) is 11.3. The maximum Gasteiger partial charge on any atom is 0.171 e. The van der Waals surface area contributed by atoms with Gasteiger partial charge in [0.05, 0.1) is 13.2 Å². The van der Waals surface area contributed by atoms with Crippen LogP contribution in [0.15, 0.2) is 243 Å². The Hall–Kier alpha value is -5.46. The van der Waals surface area contributed by atoms with Gasteiger partial charge in [-0.05, 0) is 83.9 Å². The van der Waals surface area contributed by atoms with E-state index in [4.69, 9.17) is 9.47 Å². The molecule has 0 bridgehead atoms. The number of rotatable bonds is 14. The third kappa shape index (κ3) is 9.31. The molecule has 0 fully saturated rings. The van der Waals surface area contributed by atoms with Gasteiger partial charge in [0, 0.05) is 0 Å². The smallest absolute Gasteiger partial charge is 0.171 e. The lowest BCUT2D eigenvalue weighted by atomic mass is 10.2. The summed E-state index contributed by atoms with van der Waals surface area (Å²) in [6.45, 7) is 1.24. The average molecular weight is 767 g/mol. The van der Waals surface area contributed by atoms with Crippen molar-refractivity contribution in [3.63, 3.8) is 0 Å². The molecule has 0 aliphatic heterocycles. The van der Waals surface area contributed by atoms with Gasteiger partial charge in [-0.15, -0.1) is 0 Å². The molecule has 0 amide bonds. The van der Waals surface area contributed by atoms with Gasteiger partial charge in [-0.1, -0.05) is 170 Å². The van der Waals surface area contributed by atoms with E-state index in [2.05, 4.69) is 231 Å². The minimum absolute atomic E-state index is 0.620. The largest absolute Gasteiger partial charge is 0.340 e. The first-order chi connectivity index (χ1) is 27.8. The van der Waals surface area contributed by atoms with Gasteiger partial charge in [0.15, 0.2) is 12.7 Å². The van der Waals surface area contributed by atoms with Crippen LogP contribution in [0.4, 0.5) is 0 Å². The molecule has 0 atom stereocenters. The van der Waals surface area contributed by atoms with Crippen LogP contribution in [0, 0.1) is 0 Å². The van der Waals surface area contributed by atoms with E-state index in [0.29, 0.717) is 25.9 Å². The van der Waals surface area contributed by atoms with Gasteiger partial charge in [-0.25, -0.2) is 0 Å². The van der Waals surface area contributed by atoms with Gasteiger partial charge in [0.25, 0.3) is 0 Å². The zero-order chi connectivity index (χ0) is 38.1. The van der Waals surface area contributed by atoms with E-state index < -0.39 is 14.5 Å². The Kier molecular flexibility index (Phi) is 13.8. The van der Waals surface area contributed by atoms with Gasteiger partial charge in [0.2, 0.25) is 0 Å². The first-order valence-corrected chi connectivity index (χ1v) is 23.1. The molecule has 8 aromatic carbocycles. The highest BCUT2D eigenvalue weighted by Crippen LogP contribution is 2.56. The summed E-state index contributed by atoms with van der Waals surface area (Å²) in [5.41, 5.74) is 2.41. The Morgan fingerprint density at radius 2 is 0.411 bits per heavy atom. The van der Waals surface area contributed by atoms with Gasteiger partial charge in [-0.3, -0.25) is 0 Å². The Bertz CT molecular complexity index is 1910. The maximum absolute atomic E-state index is 6.40.